The number of rotatable bonds is 11. The van der Waals surface area contributed by atoms with E-state index in [2.05, 4.69) is 45.4 Å². The molecule has 10 rings (SSSR count). The molecule has 2 bridgehead atoms. The van der Waals surface area contributed by atoms with Gasteiger partial charge in [0.25, 0.3) is 11.8 Å². The molecule has 3 atom stereocenters. The molecule has 5 saturated heterocycles. The zero-order valence-corrected chi connectivity index (χ0v) is 31.8. The number of piperidine rings is 3. The van der Waals surface area contributed by atoms with Crippen LogP contribution in [0.1, 0.15) is 96.7 Å². The topological polar surface area (TPSA) is 215 Å². The Labute approximate surface area is 328 Å². The minimum absolute atomic E-state index is 0.0163. The average molecular weight is 782 g/mol. The van der Waals surface area contributed by atoms with Gasteiger partial charge in [-0.25, -0.2) is 25.0 Å². The van der Waals surface area contributed by atoms with Crippen molar-refractivity contribution < 1.29 is 33.9 Å². The maximum absolute atomic E-state index is 13.6. The van der Waals surface area contributed by atoms with Crippen molar-refractivity contribution in [1.82, 2.24) is 50.0 Å². The normalized spacial score (nSPS) is 28.6. The minimum Gasteiger partial charge on any atom is -0.480 e. The SMILES string of the molecule is CC(=O)NC1CC(n2cnc3c(NCC4CCN(C[C@@H]5C6CCN(CC6)N5[C@H](C(=O)O)c5ccc6c(c5)C(=O)N([C@H]5CCC(=O)NC5=O)C6=O)CC4)ncnc32)C1. The number of benzene rings is 1. The summed E-state index contributed by atoms with van der Waals surface area (Å²) in [5.41, 5.74) is 2.12. The van der Waals surface area contributed by atoms with Crippen LogP contribution in [0, 0.1) is 11.8 Å². The number of carbonyl (C=O) groups excluding carboxylic acids is 5. The van der Waals surface area contributed by atoms with E-state index in [9.17, 15) is 33.9 Å². The molecule has 57 heavy (non-hydrogen) atoms. The summed E-state index contributed by atoms with van der Waals surface area (Å²) in [7, 11) is 0. The number of hydrogen-bond donors (Lipinski definition) is 4. The highest BCUT2D eigenvalue weighted by Crippen LogP contribution is 2.41. The molecule has 18 heteroatoms. The molecule has 6 aliphatic heterocycles. The van der Waals surface area contributed by atoms with E-state index in [1.165, 1.54) is 19.1 Å². The second kappa shape index (κ2) is 14.9. The number of carboxylic acid groups (broad SMARTS) is 1. The van der Waals surface area contributed by atoms with Gasteiger partial charge in [-0.1, -0.05) is 6.07 Å². The number of carbonyl (C=O) groups is 6. The number of hydrogen-bond acceptors (Lipinski definition) is 13. The Hall–Kier alpha value is -5.33. The number of likely N-dealkylation sites (tertiary alicyclic amines) is 1. The van der Waals surface area contributed by atoms with Gasteiger partial charge in [-0.15, -0.1) is 0 Å². The molecule has 1 aliphatic carbocycles. The quantitative estimate of drug-likeness (QED) is 0.202. The van der Waals surface area contributed by atoms with Crippen LogP contribution in [0.2, 0.25) is 0 Å². The number of aliphatic carboxylic acids is 1. The summed E-state index contributed by atoms with van der Waals surface area (Å²) in [6.07, 6.45) is 9.02. The van der Waals surface area contributed by atoms with Gasteiger partial charge in [-0.05, 0) is 87.6 Å². The molecule has 7 aliphatic rings. The van der Waals surface area contributed by atoms with E-state index >= 15 is 0 Å². The first-order valence-corrected chi connectivity index (χ1v) is 20.1. The third kappa shape index (κ3) is 6.82. The maximum atomic E-state index is 13.6. The summed E-state index contributed by atoms with van der Waals surface area (Å²) in [6.45, 7) is 6.23. The van der Waals surface area contributed by atoms with Crippen LogP contribution in [-0.4, -0.2) is 137 Å². The van der Waals surface area contributed by atoms with Crippen molar-refractivity contribution in [2.45, 2.75) is 88.5 Å². The fourth-order valence-electron chi connectivity index (χ4n) is 9.93. The molecule has 18 nitrogen and oxygen atoms in total. The van der Waals surface area contributed by atoms with E-state index in [4.69, 9.17) is 0 Å². The third-order valence-electron chi connectivity index (χ3n) is 13.0. The van der Waals surface area contributed by atoms with Crippen LogP contribution in [0.25, 0.3) is 11.2 Å². The highest BCUT2D eigenvalue weighted by atomic mass is 16.4. The third-order valence-corrected chi connectivity index (χ3v) is 13.0. The first kappa shape index (κ1) is 37.3. The lowest BCUT2D eigenvalue weighted by Crippen LogP contribution is -2.66. The van der Waals surface area contributed by atoms with Gasteiger partial charge in [0.1, 0.15) is 23.9 Å². The Morgan fingerprint density at radius 1 is 0.947 bits per heavy atom. The van der Waals surface area contributed by atoms with Gasteiger partial charge in [0.05, 0.1) is 17.5 Å². The van der Waals surface area contributed by atoms with Gasteiger partial charge in [-0.2, -0.15) is 0 Å². The van der Waals surface area contributed by atoms with Crippen LogP contribution in [0.3, 0.4) is 0 Å². The summed E-state index contributed by atoms with van der Waals surface area (Å²) in [5.74, 6) is -2.04. The summed E-state index contributed by atoms with van der Waals surface area (Å²) in [5, 5.41) is 23.7. The van der Waals surface area contributed by atoms with Crippen LogP contribution >= 0.6 is 0 Å². The number of aromatic nitrogens is 4. The van der Waals surface area contributed by atoms with Crippen molar-refractivity contribution in [1.29, 1.82) is 0 Å². The number of amides is 5. The second-order valence-electron chi connectivity index (χ2n) is 16.4. The number of hydrazine groups is 1. The summed E-state index contributed by atoms with van der Waals surface area (Å²) >= 11 is 0. The van der Waals surface area contributed by atoms with Crippen molar-refractivity contribution in [2.75, 3.05) is 44.6 Å². The Balaban J connectivity index is 0.849. The first-order valence-electron chi connectivity index (χ1n) is 20.1. The van der Waals surface area contributed by atoms with E-state index in [-0.39, 0.29) is 48.0 Å². The van der Waals surface area contributed by atoms with Gasteiger partial charge < -0.3 is 25.2 Å². The van der Waals surface area contributed by atoms with Crippen molar-refractivity contribution in [3.63, 3.8) is 0 Å². The van der Waals surface area contributed by atoms with E-state index in [0.29, 0.717) is 29.8 Å². The molecule has 300 valence electrons. The van der Waals surface area contributed by atoms with Crippen LogP contribution in [0.4, 0.5) is 5.82 Å². The standard InChI is InChI=1S/C39H47N11O7/c1-21(51)44-25-15-26(16-25)48-20-43-32-34(41-19-42-35(32)48)40-17-22-6-10-46(11-7-22)18-30-23-8-12-47(13-9-23)50(30)33(39(56)57)24-2-3-27-28(14-24)38(55)49(37(27)54)29-4-5-31(52)45-36(29)53/h2-3,14,19-20,22-23,25-26,29-30,33H,4-13,15-18H2,1H3,(H,44,51)(H,56,57)(H,40,41,42)(H,45,52,53)/t25?,26?,29-,30+,33-/m0/s1. The lowest BCUT2D eigenvalue weighted by atomic mass is 9.83. The van der Waals surface area contributed by atoms with Crippen molar-refractivity contribution in [3.05, 3.63) is 47.5 Å². The Morgan fingerprint density at radius 3 is 2.42 bits per heavy atom. The number of imidazole rings is 1. The number of anilines is 1. The number of nitrogens with one attached hydrogen (secondary N) is 3. The molecular formula is C39H47N11O7. The molecule has 2 aromatic heterocycles. The molecule has 4 N–H and O–H groups in total. The fraction of sp³-hybridized carbons (Fsp3) is 0.564. The Morgan fingerprint density at radius 2 is 1.70 bits per heavy atom. The van der Waals surface area contributed by atoms with Crippen molar-refractivity contribution in [2.24, 2.45) is 11.8 Å². The Bertz CT molecular complexity index is 2140. The van der Waals surface area contributed by atoms with Gasteiger partial charge in [0, 0.05) is 57.6 Å². The molecule has 0 spiro atoms. The van der Waals surface area contributed by atoms with Crippen molar-refractivity contribution in [3.8, 4) is 0 Å². The van der Waals surface area contributed by atoms with Crippen LogP contribution < -0.4 is 16.0 Å². The van der Waals surface area contributed by atoms with Gasteiger partial charge in [-0.3, -0.25) is 39.0 Å². The van der Waals surface area contributed by atoms with Crippen LogP contribution in [-0.2, 0) is 19.2 Å². The van der Waals surface area contributed by atoms with E-state index in [1.807, 2.05) is 11.3 Å². The predicted octanol–water partition coefficient (Wildman–Crippen LogP) is 1.33. The molecular weight excluding hydrogens is 734 g/mol. The van der Waals surface area contributed by atoms with Crippen molar-refractivity contribution >= 4 is 52.5 Å². The molecule has 0 radical (unpaired) electrons. The lowest BCUT2D eigenvalue weighted by Gasteiger charge is -2.56. The smallest absolute Gasteiger partial charge is 0.326 e. The number of fused-ring (bicyclic) bond motifs is 5. The highest BCUT2D eigenvalue weighted by molar-refractivity contribution is 6.23. The maximum Gasteiger partial charge on any atom is 0.326 e. The lowest BCUT2D eigenvalue weighted by molar-refractivity contribution is -0.196. The second-order valence-corrected chi connectivity index (χ2v) is 16.4. The van der Waals surface area contributed by atoms with Gasteiger partial charge in [0.15, 0.2) is 11.5 Å². The van der Waals surface area contributed by atoms with E-state index < -0.39 is 41.7 Å². The molecule has 8 heterocycles. The number of carboxylic acids is 1. The summed E-state index contributed by atoms with van der Waals surface area (Å²) < 4.78 is 2.08. The monoisotopic (exact) mass is 781 g/mol. The molecule has 1 saturated carbocycles. The Kier molecular flexibility index (Phi) is 9.72. The van der Waals surface area contributed by atoms with Crippen LogP contribution in [0.5, 0.6) is 0 Å². The predicted molar refractivity (Wildman–Crippen MR) is 202 cm³/mol. The van der Waals surface area contributed by atoms with Gasteiger partial charge >= 0.3 is 5.97 Å². The number of imide groups is 2. The molecule has 0 unspecified atom stereocenters. The fourth-order valence-corrected chi connectivity index (χ4v) is 9.93. The largest absolute Gasteiger partial charge is 0.480 e. The summed E-state index contributed by atoms with van der Waals surface area (Å²) in [4.78, 5) is 93.0. The summed E-state index contributed by atoms with van der Waals surface area (Å²) in [6, 6.07) is 2.80. The van der Waals surface area contributed by atoms with E-state index in [0.717, 1.165) is 87.3 Å². The number of nitrogens with zero attached hydrogens (tertiary/aromatic N) is 8. The highest BCUT2D eigenvalue weighted by Gasteiger charge is 2.49. The van der Waals surface area contributed by atoms with Crippen LogP contribution in [0.15, 0.2) is 30.9 Å². The van der Waals surface area contributed by atoms with Gasteiger partial charge in [0.2, 0.25) is 17.7 Å². The molecule has 6 fully saturated rings. The van der Waals surface area contributed by atoms with E-state index in [1.54, 1.807) is 12.4 Å². The first-order chi connectivity index (χ1) is 27.5. The molecule has 3 aromatic rings. The minimum atomic E-state index is -1.10. The zero-order chi connectivity index (χ0) is 39.5. The molecule has 1 aromatic carbocycles. The zero-order valence-electron chi connectivity index (χ0n) is 31.8. The average Bonchev–Trinajstić information content (AvgIpc) is 3.71. The molecule has 5 amide bonds.